The van der Waals surface area contributed by atoms with Gasteiger partial charge in [-0.3, -0.25) is 0 Å². The molecular weight excluding hydrogens is 214 g/mol. The first kappa shape index (κ1) is 9.55. The van der Waals surface area contributed by atoms with E-state index in [1.54, 1.807) is 11.3 Å². The topological polar surface area (TPSA) is 12.9 Å². The van der Waals surface area contributed by atoms with Crippen LogP contribution in [0.4, 0.5) is 0 Å². The third kappa shape index (κ3) is 1.84. The molecule has 0 bridgehead atoms. The summed E-state index contributed by atoms with van der Waals surface area (Å²) in [6, 6.07) is 17.1. The van der Waals surface area contributed by atoms with Crippen LogP contribution in [-0.4, -0.2) is 4.98 Å². The number of nitrogens with zero attached hydrogens (tertiary/aromatic N) is 1. The summed E-state index contributed by atoms with van der Waals surface area (Å²) in [6.07, 6.45) is 0.980. The molecule has 0 spiro atoms. The number of benzene rings is 2. The van der Waals surface area contributed by atoms with Gasteiger partial charge < -0.3 is 0 Å². The lowest BCUT2D eigenvalue weighted by Gasteiger charge is -2.01. The van der Waals surface area contributed by atoms with Gasteiger partial charge in [0.1, 0.15) is 0 Å². The molecule has 78 valence electrons. The van der Waals surface area contributed by atoms with Crippen LogP contribution in [0.25, 0.3) is 10.2 Å². The molecule has 0 aliphatic rings. The highest BCUT2D eigenvalue weighted by atomic mass is 32.1. The van der Waals surface area contributed by atoms with Gasteiger partial charge in [0, 0.05) is 0 Å². The number of hydrogen-bond acceptors (Lipinski definition) is 2. The monoisotopic (exact) mass is 225 g/mol. The molecule has 1 aromatic heterocycles. The molecule has 0 unspecified atom stereocenters. The van der Waals surface area contributed by atoms with Gasteiger partial charge in [0.2, 0.25) is 0 Å². The number of thiazole rings is 1. The van der Waals surface area contributed by atoms with Crippen LogP contribution in [0, 0.1) is 0 Å². The number of aromatic nitrogens is 1. The van der Waals surface area contributed by atoms with Gasteiger partial charge in [-0.05, 0) is 29.7 Å². The Hall–Kier alpha value is -1.67. The van der Waals surface area contributed by atoms with Crippen molar-refractivity contribution in [2.24, 2.45) is 0 Å². The Morgan fingerprint density at radius 2 is 1.81 bits per heavy atom. The van der Waals surface area contributed by atoms with E-state index in [0.717, 1.165) is 11.9 Å². The predicted molar refractivity (Wildman–Crippen MR) is 68.9 cm³/mol. The van der Waals surface area contributed by atoms with Crippen LogP contribution >= 0.6 is 11.3 Å². The Balaban J connectivity index is 1.94. The molecule has 0 saturated carbocycles. The van der Waals surface area contributed by atoms with Gasteiger partial charge in [-0.15, -0.1) is 11.3 Å². The molecule has 0 atom stereocenters. The zero-order valence-corrected chi connectivity index (χ0v) is 9.58. The Kier molecular flexibility index (Phi) is 2.43. The van der Waals surface area contributed by atoms with Crippen molar-refractivity contribution in [3.05, 3.63) is 65.2 Å². The van der Waals surface area contributed by atoms with Crippen molar-refractivity contribution < 1.29 is 0 Å². The highest BCUT2D eigenvalue weighted by Crippen LogP contribution is 2.20. The van der Waals surface area contributed by atoms with Crippen LogP contribution < -0.4 is 0 Å². The third-order valence-electron chi connectivity index (χ3n) is 2.65. The summed E-state index contributed by atoms with van der Waals surface area (Å²) in [5.41, 5.74) is 5.68. The second-order valence-corrected chi connectivity index (χ2v) is 4.70. The Labute approximate surface area is 98.4 Å². The van der Waals surface area contributed by atoms with E-state index in [1.807, 2.05) is 11.6 Å². The summed E-state index contributed by atoms with van der Waals surface area (Å²) in [5.74, 6) is 0. The van der Waals surface area contributed by atoms with Crippen LogP contribution in [0.3, 0.4) is 0 Å². The maximum absolute atomic E-state index is 4.34. The molecule has 3 rings (SSSR count). The number of fused-ring (bicyclic) bond motifs is 1. The van der Waals surface area contributed by atoms with Crippen molar-refractivity contribution in [3.8, 4) is 0 Å². The van der Waals surface area contributed by atoms with Crippen LogP contribution in [-0.2, 0) is 6.42 Å². The van der Waals surface area contributed by atoms with Gasteiger partial charge in [0.25, 0.3) is 0 Å². The van der Waals surface area contributed by atoms with Crippen molar-refractivity contribution in [1.82, 2.24) is 4.98 Å². The highest BCUT2D eigenvalue weighted by Gasteiger charge is 1.99. The van der Waals surface area contributed by atoms with E-state index < -0.39 is 0 Å². The molecule has 0 N–H and O–H groups in total. The zero-order valence-electron chi connectivity index (χ0n) is 8.76. The standard InChI is InChI=1S/C14H11NS/c1-2-4-11(5-3-1)8-12-6-7-14-13(9-12)15-10-16-14/h1-7,9-10H,8H2. The number of hydrogen-bond donors (Lipinski definition) is 0. The second kappa shape index (κ2) is 4.06. The fourth-order valence-corrected chi connectivity index (χ4v) is 2.50. The summed E-state index contributed by atoms with van der Waals surface area (Å²) >= 11 is 1.69. The fourth-order valence-electron chi connectivity index (χ4n) is 1.84. The molecule has 0 amide bonds. The van der Waals surface area contributed by atoms with Crippen LogP contribution in [0.2, 0.25) is 0 Å². The largest absolute Gasteiger partial charge is 0.245 e. The van der Waals surface area contributed by atoms with Crippen molar-refractivity contribution in [3.63, 3.8) is 0 Å². The van der Waals surface area contributed by atoms with E-state index in [9.17, 15) is 0 Å². The Morgan fingerprint density at radius 3 is 2.69 bits per heavy atom. The molecule has 1 nitrogen and oxygen atoms in total. The normalized spacial score (nSPS) is 10.8. The molecule has 0 fully saturated rings. The SMILES string of the molecule is c1ccc(Cc2ccc3scnc3c2)cc1. The summed E-state index contributed by atoms with van der Waals surface area (Å²) in [4.78, 5) is 4.34. The second-order valence-electron chi connectivity index (χ2n) is 3.82. The average molecular weight is 225 g/mol. The minimum atomic E-state index is 0.980. The minimum Gasteiger partial charge on any atom is -0.245 e. The first-order valence-electron chi connectivity index (χ1n) is 5.28. The summed E-state index contributed by atoms with van der Waals surface area (Å²) in [7, 11) is 0. The van der Waals surface area contributed by atoms with Crippen molar-refractivity contribution >= 4 is 21.6 Å². The molecular formula is C14H11NS. The first-order valence-corrected chi connectivity index (χ1v) is 6.16. The lowest BCUT2D eigenvalue weighted by Crippen LogP contribution is -1.86. The molecule has 2 aromatic carbocycles. The first-order chi connectivity index (χ1) is 7.92. The van der Waals surface area contributed by atoms with Gasteiger partial charge >= 0.3 is 0 Å². The minimum absolute atomic E-state index is 0.980. The van der Waals surface area contributed by atoms with Crippen LogP contribution in [0.1, 0.15) is 11.1 Å². The number of rotatable bonds is 2. The van der Waals surface area contributed by atoms with Crippen molar-refractivity contribution in [2.75, 3.05) is 0 Å². The van der Waals surface area contributed by atoms with E-state index in [-0.39, 0.29) is 0 Å². The van der Waals surface area contributed by atoms with E-state index in [0.29, 0.717) is 0 Å². The van der Waals surface area contributed by atoms with Crippen molar-refractivity contribution in [1.29, 1.82) is 0 Å². The molecule has 0 aliphatic carbocycles. The van der Waals surface area contributed by atoms with Crippen molar-refractivity contribution in [2.45, 2.75) is 6.42 Å². The predicted octanol–water partition coefficient (Wildman–Crippen LogP) is 3.89. The van der Waals surface area contributed by atoms with E-state index >= 15 is 0 Å². The fraction of sp³-hybridized carbons (Fsp3) is 0.0714. The molecule has 2 heteroatoms. The van der Waals surface area contributed by atoms with Crippen LogP contribution in [0.5, 0.6) is 0 Å². The summed E-state index contributed by atoms with van der Waals surface area (Å²) in [6.45, 7) is 0. The van der Waals surface area contributed by atoms with Gasteiger partial charge in [0.15, 0.2) is 0 Å². The van der Waals surface area contributed by atoms with E-state index in [4.69, 9.17) is 0 Å². The average Bonchev–Trinajstić information content (AvgIpc) is 2.77. The summed E-state index contributed by atoms with van der Waals surface area (Å²) in [5, 5.41) is 0. The van der Waals surface area contributed by atoms with Gasteiger partial charge in [-0.1, -0.05) is 36.4 Å². The molecule has 3 aromatic rings. The van der Waals surface area contributed by atoms with Gasteiger partial charge in [-0.25, -0.2) is 4.98 Å². The van der Waals surface area contributed by atoms with Crippen LogP contribution in [0.15, 0.2) is 54.0 Å². The van der Waals surface area contributed by atoms with Gasteiger partial charge in [-0.2, -0.15) is 0 Å². The maximum atomic E-state index is 4.34. The molecule has 0 radical (unpaired) electrons. The lowest BCUT2D eigenvalue weighted by molar-refractivity contribution is 1.20. The molecule has 0 saturated heterocycles. The van der Waals surface area contributed by atoms with Gasteiger partial charge in [0.05, 0.1) is 15.7 Å². The smallest absolute Gasteiger partial charge is 0.0814 e. The zero-order chi connectivity index (χ0) is 10.8. The highest BCUT2D eigenvalue weighted by molar-refractivity contribution is 7.16. The molecule has 16 heavy (non-hydrogen) atoms. The Morgan fingerprint density at radius 1 is 0.938 bits per heavy atom. The quantitative estimate of drug-likeness (QED) is 0.645. The Bertz CT molecular complexity index is 598. The lowest BCUT2D eigenvalue weighted by atomic mass is 10.1. The summed E-state index contributed by atoms with van der Waals surface area (Å²) < 4.78 is 1.26. The van der Waals surface area contributed by atoms with E-state index in [1.165, 1.54) is 15.8 Å². The molecule has 0 aliphatic heterocycles. The molecule has 1 heterocycles. The third-order valence-corrected chi connectivity index (χ3v) is 3.46. The maximum Gasteiger partial charge on any atom is 0.0814 e. The van der Waals surface area contributed by atoms with E-state index in [2.05, 4.69) is 47.4 Å².